The molecule has 0 aliphatic carbocycles. The van der Waals surface area contributed by atoms with Gasteiger partial charge in [-0.25, -0.2) is 4.57 Å². The highest BCUT2D eigenvalue weighted by atomic mass is 31.2. The van der Waals surface area contributed by atoms with Gasteiger partial charge in [0.05, 0.1) is 34.4 Å². The van der Waals surface area contributed by atoms with Gasteiger partial charge in [0.1, 0.15) is 19.3 Å². The molecule has 0 spiro atoms. The van der Waals surface area contributed by atoms with Crippen molar-refractivity contribution >= 4 is 13.8 Å². The van der Waals surface area contributed by atoms with Gasteiger partial charge in [0, 0.05) is 13.0 Å². The van der Waals surface area contributed by atoms with Crippen LogP contribution in [0.5, 0.6) is 0 Å². The van der Waals surface area contributed by atoms with Crippen LogP contribution in [-0.4, -0.2) is 75.6 Å². The first-order valence-electron chi connectivity index (χ1n) is 30.3. The zero-order chi connectivity index (χ0) is 49.8. The maximum absolute atomic E-state index is 12.8. The van der Waals surface area contributed by atoms with Crippen molar-refractivity contribution in [2.45, 2.75) is 322 Å². The third kappa shape index (κ3) is 56.4. The van der Waals surface area contributed by atoms with Gasteiger partial charge in [-0.1, -0.05) is 296 Å². The fraction of sp³-hybridized carbons (Fsp3) is 0.983. The second kappa shape index (κ2) is 52.8. The van der Waals surface area contributed by atoms with Gasteiger partial charge in [0.25, 0.3) is 0 Å². The fourth-order valence-corrected chi connectivity index (χ4v) is 10.0. The first-order chi connectivity index (χ1) is 33.1. The van der Waals surface area contributed by atoms with E-state index in [0.717, 1.165) is 32.1 Å². The van der Waals surface area contributed by atoms with Crippen molar-refractivity contribution in [2.24, 2.45) is 0 Å². The Balaban J connectivity index is 3.94. The highest BCUT2D eigenvalue weighted by molar-refractivity contribution is 7.47. The standard InChI is InChI=1S/C59H120NO7P/c1-6-8-10-12-14-16-18-20-22-24-26-27-28-29-30-31-32-33-34-35-36-38-40-42-44-46-48-50-52-59(61)67-58(57-66-68(62,63)65-55-53-60(3,4)5)56-64-54-51-49-47-45-43-41-39-37-25-23-21-19-17-15-13-11-9-7-2/h58H,6-57H2,1-5H3/p+1/t58-/m1/s1. The molecule has 1 N–H and O–H groups in total. The zero-order valence-corrected chi connectivity index (χ0v) is 47.5. The molecule has 0 aromatic heterocycles. The van der Waals surface area contributed by atoms with Crippen LogP contribution in [0.2, 0.25) is 0 Å². The summed E-state index contributed by atoms with van der Waals surface area (Å²) in [6.07, 6.45) is 61.8. The molecule has 0 aromatic rings. The van der Waals surface area contributed by atoms with Crippen LogP contribution in [0.1, 0.15) is 316 Å². The summed E-state index contributed by atoms with van der Waals surface area (Å²) in [4.78, 5) is 23.1. The third-order valence-electron chi connectivity index (χ3n) is 13.9. The Morgan fingerprint density at radius 1 is 0.397 bits per heavy atom. The highest BCUT2D eigenvalue weighted by Gasteiger charge is 2.26. The number of hydrogen-bond acceptors (Lipinski definition) is 6. The molecule has 0 saturated heterocycles. The number of carbonyl (C=O) groups is 1. The second-order valence-electron chi connectivity index (χ2n) is 22.1. The summed E-state index contributed by atoms with van der Waals surface area (Å²) in [6, 6.07) is 0. The maximum Gasteiger partial charge on any atom is 0.472 e. The van der Waals surface area contributed by atoms with E-state index in [1.807, 2.05) is 21.1 Å². The summed E-state index contributed by atoms with van der Waals surface area (Å²) < 4.78 is 35.3. The molecule has 0 bridgehead atoms. The molecule has 0 rings (SSSR count). The average Bonchev–Trinajstić information content (AvgIpc) is 3.30. The molecule has 0 aliphatic heterocycles. The van der Waals surface area contributed by atoms with E-state index in [1.165, 1.54) is 263 Å². The highest BCUT2D eigenvalue weighted by Crippen LogP contribution is 2.43. The van der Waals surface area contributed by atoms with Crippen LogP contribution < -0.4 is 0 Å². The molecule has 8 nitrogen and oxygen atoms in total. The van der Waals surface area contributed by atoms with E-state index in [1.54, 1.807) is 0 Å². The van der Waals surface area contributed by atoms with Gasteiger partial charge >= 0.3 is 13.8 Å². The fourth-order valence-electron chi connectivity index (χ4n) is 9.26. The molecule has 0 amide bonds. The lowest BCUT2D eigenvalue weighted by Crippen LogP contribution is -2.37. The van der Waals surface area contributed by atoms with Crippen molar-refractivity contribution < 1.29 is 37.3 Å². The van der Waals surface area contributed by atoms with Gasteiger partial charge in [-0.3, -0.25) is 13.8 Å². The molecule has 2 atom stereocenters. The number of phosphoric acid groups is 1. The second-order valence-corrected chi connectivity index (χ2v) is 23.6. The molecular formula is C59H121NO7P+. The van der Waals surface area contributed by atoms with Gasteiger partial charge in [-0.2, -0.15) is 0 Å². The average molecular weight is 988 g/mol. The molecule has 9 heteroatoms. The first-order valence-corrected chi connectivity index (χ1v) is 31.8. The number of quaternary nitrogens is 1. The van der Waals surface area contributed by atoms with Gasteiger partial charge in [-0.05, 0) is 12.8 Å². The SMILES string of the molecule is CCCCCCCCCCCCCCCCCCCCCCCCCCCCCCC(=O)O[C@H](COCCCCCCCCCCCCCCCCCCCC)COP(=O)(O)OCC[N+](C)(C)C. The predicted octanol–water partition coefficient (Wildman–Crippen LogP) is 19.1. The molecule has 0 fully saturated rings. The van der Waals surface area contributed by atoms with Crippen LogP contribution in [0, 0.1) is 0 Å². The normalized spacial score (nSPS) is 13.3. The van der Waals surface area contributed by atoms with E-state index in [9.17, 15) is 14.3 Å². The van der Waals surface area contributed by atoms with E-state index >= 15 is 0 Å². The third-order valence-corrected chi connectivity index (χ3v) is 14.9. The molecule has 408 valence electrons. The Kier molecular flexibility index (Phi) is 52.4. The van der Waals surface area contributed by atoms with Crippen molar-refractivity contribution in [3.05, 3.63) is 0 Å². The van der Waals surface area contributed by atoms with E-state index in [2.05, 4.69) is 13.8 Å². The van der Waals surface area contributed by atoms with Crippen LogP contribution >= 0.6 is 7.82 Å². The Hall–Kier alpha value is -0.500. The quantitative estimate of drug-likeness (QED) is 0.0281. The van der Waals surface area contributed by atoms with Crippen molar-refractivity contribution in [3.8, 4) is 0 Å². The Morgan fingerprint density at radius 2 is 0.676 bits per heavy atom. The van der Waals surface area contributed by atoms with Crippen molar-refractivity contribution in [1.82, 2.24) is 0 Å². The van der Waals surface area contributed by atoms with E-state index in [0.29, 0.717) is 24.1 Å². The number of likely N-dealkylation sites (N-methyl/N-ethyl adjacent to an activating group) is 1. The minimum Gasteiger partial charge on any atom is -0.457 e. The molecule has 1 unspecified atom stereocenters. The van der Waals surface area contributed by atoms with Crippen molar-refractivity contribution in [3.63, 3.8) is 0 Å². The number of esters is 1. The topological polar surface area (TPSA) is 91.3 Å². The number of ether oxygens (including phenoxy) is 2. The number of hydrogen-bond donors (Lipinski definition) is 1. The maximum atomic E-state index is 12.8. The van der Waals surface area contributed by atoms with Gasteiger partial charge in [0.15, 0.2) is 0 Å². The van der Waals surface area contributed by atoms with Gasteiger partial charge in [-0.15, -0.1) is 0 Å². The number of rotatable bonds is 58. The van der Waals surface area contributed by atoms with Gasteiger partial charge in [0.2, 0.25) is 0 Å². The lowest BCUT2D eigenvalue weighted by atomic mass is 10.0. The molecule has 0 radical (unpaired) electrons. The van der Waals surface area contributed by atoms with E-state index in [-0.39, 0.29) is 25.8 Å². The molecule has 68 heavy (non-hydrogen) atoms. The summed E-state index contributed by atoms with van der Waals surface area (Å²) in [5.41, 5.74) is 0. The van der Waals surface area contributed by atoms with Crippen molar-refractivity contribution in [1.29, 1.82) is 0 Å². The predicted molar refractivity (Wildman–Crippen MR) is 294 cm³/mol. The molecule has 0 aliphatic rings. The minimum absolute atomic E-state index is 0.0945. The Morgan fingerprint density at radius 3 is 0.971 bits per heavy atom. The van der Waals surface area contributed by atoms with Crippen molar-refractivity contribution in [2.75, 3.05) is 54.1 Å². The Labute approximate surface area is 425 Å². The smallest absolute Gasteiger partial charge is 0.457 e. The van der Waals surface area contributed by atoms with Gasteiger partial charge < -0.3 is 18.9 Å². The summed E-state index contributed by atoms with van der Waals surface area (Å²) in [5, 5.41) is 0. The number of unbranched alkanes of at least 4 members (excludes halogenated alkanes) is 44. The van der Waals surface area contributed by atoms with Crippen LogP contribution in [0.15, 0.2) is 0 Å². The van der Waals surface area contributed by atoms with Crippen LogP contribution in [0.3, 0.4) is 0 Å². The minimum atomic E-state index is -4.28. The first kappa shape index (κ1) is 67.5. The molecular weight excluding hydrogens is 866 g/mol. The zero-order valence-electron chi connectivity index (χ0n) is 46.6. The summed E-state index contributed by atoms with van der Waals surface area (Å²) in [7, 11) is 1.69. The summed E-state index contributed by atoms with van der Waals surface area (Å²) >= 11 is 0. The number of nitrogens with zero attached hydrogens (tertiary/aromatic N) is 1. The Bertz CT molecular complexity index is 1050. The largest absolute Gasteiger partial charge is 0.472 e. The summed E-state index contributed by atoms with van der Waals surface area (Å²) in [5.74, 6) is -0.302. The lowest BCUT2D eigenvalue weighted by Gasteiger charge is -2.24. The molecule has 0 aromatic carbocycles. The summed E-state index contributed by atoms with van der Waals surface area (Å²) in [6.45, 7) is 5.72. The van der Waals surface area contributed by atoms with E-state index in [4.69, 9.17) is 18.5 Å². The van der Waals surface area contributed by atoms with E-state index < -0.39 is 13.9 Å². The monoisotopic (exact) mass is 987 g/mol. The lowest BCUT2D eigenvalue weighted by molar-refractivity contribution is -0.870. The number of carbonyl (C=O) groups excluding carboxylic acids is 1. The van der Waals surface area contributed by atoms with Crippen LogP contribution in [0.25, 0.3) is 0 Å². The number of phosphoric ester groups is 1. The van der Waals surface area contributed by atoms with Crippen LogP contribution in [0.4, 0.5) is 0 Å². The molecule has 0 saturated carbocycles. The molecule has 0 heterocycles. The van der Waals surface area contributed by atoms with Crippen LogP contribution in [-0.2, 0) is 27.9 Å².